The summed E-state index contributed by atoms with van der Waals surface area (Å²) in [6, 6.07) is 17.8. The zero-order chi connectivity index (χ0) is 28.5. The number of carbonyl (C=O) groups is 1. The lowest BCUT2D eigenvalue weighted by atomic mass is 9.95. The molecule has 1 heterocycles. The number of ether oxygens (including phenoxy) is 3. The summed E-state index contributed by atoms with van der Waals surface area (Å²) in [6.45, 7) is 5.64. The summed E-state index contributed by atoms with van der Waals surface area (Å²) in [4.78, 5) is 15.3. The minimum atomic E-state index is -0.727. The molecular formula is C31H35N3O5S. The normalized spacial score (nSPS) is 11.6. The lowest BCUT2D eigenvalue weighted by molar-refractivity contribution is -0.118. The maximum Gasteiger partial charge on any atom is 0.216 e. The monoisotopic (exact) mass is 561 g/mol. The zero-order valence-corrected chi connectivity index (χ0v) is 24.0. The summed E-state index contributed by atoms with van der Waals surface area (Å²) in [5, 5.41) is 19.2. The summed E-state index contributed by atoms with van der Waals surface area (Å²) < 4.78 is 17.5. The molecule has 1 atom stereocenters. The SMILES string of the molecule is COc1cc(OCc2cccc(-c3ccc(C(O)c4nccs4)cc3)c2C)cc(OC)c1CNCCNC(C)=O. The molecule has 0 saturated heterocycles. The second kappa shape index (κ2) is 13.9. The third-order valence-corrected chi connectivity index (χ3v) is 7.45. The van der Waals surface area contributed by atoms with E-state index in [4.69, 9.17) is 14.2 Å². The van der Waals surface area contributed by atoms with Crippen LogP contribution >= 0.6 is 11.3 Å². The van der Waals surface area contributed by atoms with Gasteiger partial charge in [0, 0.05) is 50.3 Å². The lowest BCUT2D eigenvalue weighted by Gasteiger charge is -2.17. The summed E-state index contributed by atoms with van der Waals surface area (Å²) in [5.41, 5.74) is 6.04. The van der Waals surface area contributed by atoms with Gasteiger partial charge < -0.3 is 30.0 Å². The standard InChI is InChI=1S/C31H35N3O5S/c1-20-24(6-5-7-26(20)22-8-10-23(11-9-22)30(36)31-34-14-15-40-31)19-39-25-16-28(37-3)27(29(17-25)38-4)18-32-12-13-33-21(2)35/h5-11,14-17,30,32,36H,12-13,18-19H2,1-4H3,(H,33,35). The summed E-state index contributed by atoms with van der Waals surface area (Å²) in [6.07, 6.45) is 0.972. The number of nitrogens with one attached hydrogen (secondary N) is 2. The van der Waals surface area contributed by atoms with Crippen molar-refractivity contribution >= 4 is 17.2 Å². The highest BCUT2D eigenvalue weighted by atomic mass is 32.1. The Morgan fingerprint density at radius 2 is 1.77 bits per heavy atom. The number of carbonyl (C=O) groups excluding carboxylic acids is 1. The second-order valence-corrected chi connectivity index (χ2v) is 10.2. The van der Waals surface area contributed by atoms with E-state index in [1.807, 2.05) is 47.8 Å². The Balaban J connectivity index is 1.45. The largest absolute Gasteiger partial charge is 0.496 e. The molecule has 4 rings (SSSR count). The van der Waals surface area contributed by atoms with Crippen molar-refractivity contribution in [3.05, 3.63) is 93.4 Å². The predicted molar refractivity (Wildman–Crippen MR) is 157 cm³/mol. The Kier molecular flexibility index (Phi) is 10.1. The number of methoxy groups -OCH3 is 2. The van der Waals surface area contributed by atoms with Gasteiger partial charge in [0.15, 0.2) is 0 Å². The Labute approximate surface area is 239 Å². The number of aliphatic hydroxyl groups excluding tert-OH is 1. The van der Waals surface area contributed by atoms with Gasteiger partial charge in [-0.05, 0) is 34.7 Å². The fraction of sp³-hybridized carbons (Fsp3) is 0.290. The highest BCUT2D eigenvalue weighted by molar-refractivity contribution is 7.09. The molecule has 4 aromatic rings. The van der Waals surface area contributed by atoms with Gasteiger partial charge in [-0.1, -0.05) is 42.5 Å². The van der Waals surface area contributed by atoms with Crippen molar-refractivity contribution in [3.63, 3.8) is 0 Å². The van der Waals surface area contributed by atoms with Gasteiger partial charge >= 0.3 is 0 Å². The van der Waals surface area contributed by atoms with Crippen molar-refractivity contribution in [2.75, 3.05) is 27.3 Å². The van der Waals surface area contributed by atoms with E-state index in [9.17, 15) is 9.90 Å². The minimum Gasteiger partial charge on any atom is -0.496 e. The van der Waals surface area contributed by atoms with Crippen molar-refractivity contribution in [2.45, 2.75) is 33.1 Å². The van der Waals surface area contributed by atoms with Gasteiger partial charge in [0.05, 0.1) is 19.8 Å². The Hall–Kier alpha value is -3.92. The number of hydrogen-bond acceptors (Lipinski definition) is 8. The van der Waals surface area contributed by atoms with E-state index in [-0.39, 0.29) is 5.91 Å². The van der Waals surface area contributed by atoms with Crippen molar-refractivity contribution < 1.29 is 24.1 Å². The van der Waals surface area contributed by atoms with Crippen LogP contribution in [0, 0.1) is 6.92 Å². The number of aliphatic hydroxyl groups is 1. The Bertz CT molecular complexity index is 1380. The fourth-order valence-corrected chi connectivity index (χ4v) is 5.08. The molecule has 0 spiro atoms. The number of amides is 1. The quantitative estimate of drug-likeness (QED) is 0.197. The predicted octanol–water partition coefficient (Wildman–Crippen LogP) is 5.02. The first-order valence-corrected chi connectivity index (χ1v) is 13.9. The number of hydrogen-bond donors (Lipinski definition) is 3. The van der Waals surface area contributed by atoms with Crippen molar-refractivity contribution in [2.24, 2.45) is 0 Å². The van der Waals surface area contributed by atoms with Gasteiger partial charge in [0.25, 0.3) is 0 Å². The van der Waals surface area contributed by atoms with Gasteiger partial charge in [-0.25, -0.2) is 4.98 Å². The first-order chi connectivity index (χ1) is 19.4. The van der Waals surface area contributed by atoms with Crippen LogP contribution in [0.3, 0.4) is 0 Å². The number of aromatic nitrogens is 1. The van der Waals surface area contributed by atoms with Crippen LogP contribution in [0.5, 0.6) is 17.2 Å². The third-order valence-electron chi connectivity index (χ3n) is 6.62. The number of nitrogens with zero attached hydrogens (tertiary/aromatic N) is 1. The zero-order valence-electron chi connectivity index (χ0n) is 23.2. The molecule has 0 aliphatic carbocycles. The van der Waals surface area contributed by atoms with E-state index in [2.05, 4.69) is 34.7 Å². The molecule has 210 valence electrons. The van der Waals surface area contributed by atoms with Crippen molar-refractivity contribution in [1.29, 1.82) is 0 Å². The molecule has 1 amide bonds. The smallest absolute Gasteiger partial charge is 0.216 e. The van der Waals surface area contributed by atoms with Gasteiger partial charge in [-0.3, -0.25) is 4.79 Å². The van der Waals surface area contributed by atoms with Crippen LogP contribution in [0.15, 0.2) is 66.2 Å². The van der Waals surface area contributed by atoms with Gasteiger partial charge in [0.1, 0.15) is 35.0 Å². The molecule has 9 heteroatoms. The van der Waals surface area contributed by atoms with E-state index < -0.39 is 6.10 Å². The molecule has 8 nitrogen and oxygen atoms in total. The van der Waals surface area contributed by atoms with Gasteiger partial charge in [-0.15, -0.1) is 11.3 Å². The minimum absolute atomic E-state index is 0.0559. The Morgan fingerprint density at radius 3 is 2.40 bits per heavy atom. The van der Waals surface area contributed by atoms with E-state index in [1.165, 1.54) is 18.3 Å². The maximum atomic E-state index is 11.1. The highest BCUT2D eigenvalue weighted by Gasteiger charge is 2.16. The van der Waals surface area contributed by atoms with Crippen LogP contribution in [-0.4, -0.2) is 43.3 Å². The summed E-state index contributed by atoms with van der Waals surface area (Å²) in [5.74, 6) is 1.90. The van der Waals surface area contributed by atoms with Crippen molar-refractivity contribution in [1.82, 2.24) is 15.6 Å². The van der Waals surface area contributed by atoms with Gasteiger partial charge in [0.2, 0.25) is 5.91 Å². The molecule has 3 aromatic carbocycles. The van der Waals surface area contributed by atoms with Crippen LogP contribution in [0.4, 0.5) is 0 Å². The molecule has 1 aromatic heterocycles. The molecule has 0 aliphatic rings. The van der Waals surface area contributed by atoms with Crippen LogP contribution in [-0.2, 0) is 17.9 Å². The average molecular weight is 562 g/mol. The first kappa shape index (κ1) is 29.1. The van der Waals surface area contributed by atoms with Crippen LogP contribution < -0.4 is 24.8 Å². The number of thiazole rings is 1. The van der Waals surface area contributed by atoms with E-state index >= 15 is 0 Å². The van der Waals surface area contributed by atoms with Crippen LogP contribution in [0.25, 0.3) is 11.1 Å². The van der Waals surface area contributed by atoms with Crippen LogP contribution in [0.2, 0.25) is 0 Å². The maximum absolute atomic E-state index is 11.1. The second-order valence-electron chi connectivity index (χ2n) is 9.24. The first-order valence-electron chi connectivity index (χ1n) is 13.0. The molecule has 1 unspecified atom stereocenters. The van der Waals surface area contributed by atoms with Crippen molar-refractivity contribution in [3.8, 4) is 28.4 Å². The molecule has 0 fully saturated rings. The van der Waals surface area contributed by atoms with Crippen LogP contribution in [0.1, 0.15) is 40.3 Å². The Morgan fingerprint density at radius 1 is 1.05 bits per heavy atom. The van der Waals surface area contributed by atoms with E-state index in [0.29, 0.717) is 48.5 Å². The fourth-order valence-electron chi connectivity index (χ4n) is 4.43. The summed E-state index contributed by atoms with van der Waals surface area (Å²) >= 11 is 1.44. The van der Waals surface area contributed by atoms with Gasteiger partial charge in [-0.2, -0.15) is 0 Å². The summed E-state index contributed by atoms with van der Waals surface area (Å²) in [7, 11) is 3.24. The molecular weight excluding hydrogens is 526 g/mol. The number of rotatable bonds is 13. The van der Waals surface area contributed by atoms with E-state index in [0.717, 1.165) is 33.4 Å². The highest BCUT2D eigenvalue weighted by Crippen LogP contribution is 2.35. The van der Waals surface area contributed by atoms with E-state index in [1.54, 1.807) is 20.4 Å². The molecule has 0 radical (unpaired) electrons. The average Bonchev–Trinajstić information content (AvgIpc) is 3.51. The topological polar surface area (TPSA) is 102 Å². The lowest BCUT2D eigenvalue weighted by Crippen LogP contribution is -2.30. The molecule has 3 N–H and O–H groups in total. The molecule has 0 aliphatic heterocycles. The third kappa shape index (κ3) is 7.18. The number of benzene rings is 3. The molecule has 0 bridgehead atoms. The molecule has 0 saturated carbocycles. The molecule has 40 heavy (non-hydrogen) atoms.